The second-order valence-electron chi connectivity index (χ2n) is 4.56. The van der Waals surface area contributed by atoms with Crippen LogP contribution < -0.4 is 5.32 Å². The molecule has 1 aromatic carbocycles. The molecule has 108 valence electrons. The third-order valence-corrected chi connectivity index (χ3v) is 4.72. The average molecular weight is 294 g/mol. The van der Waals surface area contributed by atoms with Crippen molar-refractivity contribution in [1.29, 1.82) is 0 Å². The molecule has 0 bridgehead atoms. The highest BCUT2D eigenvalue weighted by Crippen LogP contribution is 2.22. The van der Waals surface area contributed by atoms with Gasteiger partial charge in [0.25, 0.3) is 0 Å². The fourth-order valence-electron chi connectivity index (χ4n) is 1.93. The van der Waals surface area contributed by atoms with Gasteiger partial charge in [-0.3, -0.25) is 4.68 Å². The van der Waals surface area contributed by atoms with Crippen molar-refractivity contribution in [2.24, 2.45) is 0 Å². The Morgan fingerprint density at radius 3 is 2.75 bits per heavy atom. The average Bonchev–Trinajstić information content (AvgIpc) is 2.92. The first kappa shape index (κ1) is 14.5. The van der Waals surface area contributed by atoms with Crippen LogP contribution in [0.15, 0.2) is 41.8 Å². The maximum Gasteiger partial charge on any atom is 0.180 e. The van der Waals surface area contributed by atoms with Gasteiger partial charge in [0.1, 0.15) is 12.7 Å². The Labute approximate surface area is 118 Å². The van der Waals surface area contributed by atoms with E-state index in [-0.39, 0.29) is 11.8 Å². The molecule has 7 heteroatoms. The number of aromatic nitrogens is 3. The Kier molecular flexibility index (Phi) is 4.39. The SMILES string of the molecule is CCS(=O)(=O)c1ccccc1NC(C)Cn1cncn1. The lowest BCUT2D eigenvalue weighted by atomic mass is 10.2. The smallest absolute Gasteiger partial charge is 0.180 e. The van der Waals surface area contributed by atoms with E-state index in [1.165, 1.54) is 6.33 Å². The third-order valence-electron chi connectivity index (χ3n) is 2.93. The second kappa shape index (κ2) is 6.04. The summed E-state index contributed by atoms with van der Waals surface area (Å²) in [7, 11) is -3.23. The third kappa shape index (κ3) is 3.36. The first-order valence-electron chi connectivity index (χ1n) is 6.43. The Balaban J connectivity index is 2.17. The van der Waals surface area contributed by atoms with Crippen LogP contribution >= 0.6 is 0 Å². The maximum atomic E-state index is 12.1. The number of benzene rings is 1. The Morgan fingerprint density at radius 1 is 1.35 bits per heavy atom. The summed E-state index contributed by atoms with van der Waals surface area (Å²) in [5.74, 6) is 0.0865. The quantitative estimate of drug-likeness (QED) is 0.875. The molecule has 0 fully saturated rings. The zero-order valence-corrected chi connectivity index (χ0v) is 12.3. The predicted molar refractivity (Wildman–Crippen MR) is 77.3 cm³/mol. The highest BCUT2D eigenvalue weighted by Gasteiger charge is 2.17. The fraction of sp³-hybridized carbons (Fsp3) is 0.385. The zero-order chi connectivity index (χ0) is 14.6. The maximum absolute atomic E-state index is 12.1. The monoisotopic (exact) mass is 294 g/mol. The highest BCUT2D eigenvalue weighted by molar-refractivity contribution is 7.91. The summed E-state index contributed by atoms with van der Waals surface area (Å²) in [5, 5.41) is 7.25. The van der Waals surface area contributed by atoms with Crippen molar-refractivity contribution >= 4 is 15.5 Å². The van der Waals surface area contributed by atoms with Crippen LogP contribution in [-0.2, 0) is 16.4 Å². The van der Waals surface area contributed by atoms with E-state index >= 15 is 0 Å². The molecule has 0 saturated carbocycles. The van der Waals surface area contributed by atoms with E-state index < -0.39 is 9.84 Å². The van der Waals surface area contributed by atoms with E-state index in [2.05, 4.69) is 15.4 Å². The van der Waals surface area contributed by atoms with Crippen molar-refractivity contribution in [3.05, 3.63) is 36.9 Å². The van der Waals surface area contributed by atoms with Crippen LogP contribution in [0.25, 0.3) is 0 Å². The van der Waals surface area contributed by atoms with Crippen molar-refractivity contribution in [3.63, 3.8) is 0 Å². The molecule has 2 aromatic rings. The molecule has 0 spiro atoms. The second-order valence-corrected chi connectivity index (χ2v) is 6.81. The molecule has 2 rings (SSSR count). The predicted octanol–water partition coefficient (Wildman–Crippen LogP) is 1.57. The molecule has 20 heavy (non-hydrogen) atoms. The summed E-state index contributed by atoms with van der Waals surface area (Å²) < 4.78 is 25.8. The minimum Gasteiger partial charge on any atom is -0.380 e. The van der Waals surface area contributed by atoms with Gasteiger partial charge in [-0.1, -0.05) is 19.1 Å². The van der Waals surface area contributed by atoms with Crippen LogP contribution in [0.3, 0.4) is 0 Å². The van der Waals surface area contributed by atoms with Gasteiger partial charge >= 0.3 is 0 Å². The summed E-state index contributed by atoms with van der Waals surface area (Å²) in [6.45, 7) is 4.22. The normalized spacial score (nSPS) is 13.1. The van der Waals surface area contributed by atoms with Crippen molar-refractivity contribution in [3.8, 4) is 0 Å². The van der Waals surface area contributed by atoms with E-state index in [0.29, 0.717) is 17.1 Å². The van der Waals surface area contributed by atoms with E-state index in [1.807, 2.05) is 13.0 Å². The van der Waals surface area contributed by atoms with Crippen molar-refractivity contribution in [2.75, 3.05) is 11.1 Å². The highest BCUT2D eigenvalue weighted by atomic mass is 32.2. The Morgan fingerprint density at radius 2 is 2.10 bits per heavy atom. The number of anilines is 1. The van der Waals surface area contributed by atoms with Gasteiger partial charge in [0, 0.05) is 6.04 Å². The first-order chi connectivity index (χ1) is 9.53. The molecule has 0 amide bonds. The fourth-order valence-corrected chi connectivity index (χ4v) is 2.99. The minimum atomic E-state index is -3.23. The standard InChI is InChI=1S/C13H18N4O2S/c1-3-20(18,19)13-7-5-4-6-12(13)16-11(2)8-17-10-14-9-15-17/h4-7,9-11,16H,3,8H2,1-2H3. The molecule has 1 heterocycles. The van der Waals surface area contributed by atoms with Crippen molar-refractivity contribution in [2.45, 2.75) is 31.3 Å². The summed E-state index contributed by atoms with van der Waals surface area (Å²) in [5.41, 5.74) is 0.627. The lowest BCUT2D eigenvalue weighted by molar-refractivity contribution is 0.558. The first-order valence-corrected chi connectivity index (χ1v) is 8.09. The van der Waals surface area contributed by atoms with E-state index in [1.54, 1.807) is 36.1 Å². The summed E-state index contributed by atoms with van der Waals surface area (Å²) >= 11 is 0. The van der Waals surface area contributed by atoms with Gasteiger partial charge in [-0.05, 0) is 19.1 Å². The summed E-state index contributed by atoms with van der Waals surface area (Å²) in [6.07, 6.45) is 3.11. The molecule has 1 N–H and O–H groups in total. The topological polar surface area (TPSA) is 76.9 Å². The number of rotatable bonds is 6. The minimum absolute atomic E-state index is 0.0323. The van der Waals surface area contributed by atoms with E-state index in [9.17, 15) is 8.42 Å². The molecule has 0 aliphatic heterocycles. The van der Waals surface area contributed by atoms with Gasteiger partial charge in [0.05, 0.1) is 22.9 Å². The molecule has 1 atom stereocenters. The van der Waals surface area contributed by atoms with E-state index in [0.717, 1.165) is 0 Å². The molecule has 0 aliphatic carbocycles. The number of nitrogens with zero attached hydrogens (tertiary/aromatic N) is 3. The Bertz CT molecular complexity index is 653. The van der Waals surface area contributed by atoms with Crippen LogP contribution in [0.2, 0.25) is 0 Å². The van der Waals surface area contributed by atoms with Crippen LogP contribution in [0.4, 0.5) is 5.69 Å². The van der Waals surface area contributed by atoms with Gasteiger partial charge in [-0.2, -0.15) is 5.10 Å². The number of sulfone groups is 1. The van der Waals surface area contributed by atoms with Gasteiger partial charge in [0.15, 0.2) is 9.84 Å². The van der Waals surface area contributed by atoms with Crippen molar-refractivity contribution < 1.29 is 8.42 Å². The number of hydrogen-bond donors (Lipinski definition) is 1. The number of para-hydroxylation sites is 1. The van der Waals surface area contributed by atoms with Gasteiger partial charge in [0.2, 0.25) is 0 Å². The van der Waals surface area contributed by atoms with Crippen LogP contribution in [-0.4, -0.2) is 35.0 Å². The molecule has 1 unspecified atom stereocenters. The summed E-state index contributed by atoms with van der Waals surface area (Å²) in [6, 6.07) is 6.99. The van der Waals surface area contributed by atoms with Crippen LogP contribution in [0.1, 0.15) is 13.8 Å². The Hall–Kier alpha value is -1.89. The molecule has 0 saturated heterocycles. The van der Waals surface area contributed by atoms with Gasteiger partial charge in [-0.15, -0.1) is 0 Å². The molecule has 0 aliphatic rings. The molecular formula is C13H18N4O2S. The number of nitrogens with one attached hydrogen (secondary N) is 1. The zero-order valence-electron chi connectivity index (χ0n) is 11.5. The molecule has 1 aromatic heterocycles. The van der Waals surface area contributed by atoms with Gasteiger partial charge < -0.3 is 5.32 Å². The van der Waals surface area contributed by atoms with E-state index in [4.69, 9.17) is 0 Å². The largest absolute Gasteiger partial charge is 0.380 e. The lowest BCUT2D eigenvalue weighted by Crippen LogP contribution is -2.23. The van der Waals surface area contributed by atoms with Crippen molar-refractivity contribution in [1.82, 2.24) is 14.8 Å². The molecular weight excluding hydrogens is 276 g/mol. The summed E-state index contributed by atoms with van der Waals surface area (Å²) in [4.78, 5) is 4.22. The van der Waals surface area contributed by atoms with Gasteiger partial charge in [-0.25, -0.2) is 13.4 Å². The molecule has 0 radical (unpaired) electrons. The van der Waals surface area contributed by atoms with Crippen LogP contribution in [0, 0.1) is 0 Å². The number of hydrogen-bond acceptors (Lipinski definition) is 5. The van der Waals surface area contributed by atoms with Crippen LogP contribution in [0.5, 0.6) is 0 Å². The molecule has 6 nitrogen and oxygen atoms in total. The lowest BCUT2D eigenvalue weighted by Gasteiger charge is -2.17.